The molecule has 0 saturated heterocycles. The second kappa shape index (κ2) is 8.86. The first-order valence-electron chi connectivity index (χ1n) is 11.5. The number of hydrogen-bond donors (Lipinski definition) is 1. The van der Waals surface area contributed by atoms with E-state index in [0.717, 1.165) is 22.3 Å². The summed E-state index contributed by atoms with van der Waals surface area (Å²) >= 11 is 0. The number of aryl methyl sites for hydroxylation is 1. The van der Waals surface area contributed by atoms with Crippen LogP contribution in [0.3, 0.4) is 0 Å². The Kier molecular flexibility index (Phi) is 5.74. The van der Waals surface area contributed by atoms with Gasteiger partial charge < -0.3 is 19.7 Å². The number of fused-ring (bicyclic) bond motifs is 4. The minimum Gasteiger partial charge on any atom is -0.493 e. The number of carbonyl (C=O) groups excluding carboxylic acids is 2. The Morgan fingerprint density at radius 2 is 1.71 bits per heavy atom. The molecule has 2 heterocycles. The highest BCUT2D eigenvalue weighted by molar-refractivity contribution is 6.01. The van der Waals surface area contributed by atoms with Gasteiger partial charge in [0.1, 0.15) is 0 Å². The van der Waals surface area contributed by atoms with Crippen LogP contribution in [0.4, 0.5) is 0 Å². The van der Waals surface area contributed by atoms with Crippen molar-refractivity contribution in [2.24, 2.45) is 0 Å². The molecule has 1 N–H and O–H groups in total. The molecule has 6 heteroatoms. The number of benzene rings is 3. The van der Waals surface area contributed by atoms with Crippen LogP contribution in [0, 0.1) is 6.92 Å². The lowest BCUT2D eigenvalue weighted by molar-refractivity contribution is -0.124. The monoisotopic (exact) mass is 456 g/mol. The molecule has 174 valence electrons. The Morgan fingerprint density at radius 1 is 1.00 bits per heavy atom. The Morgan fingerprint density at radius 3 is 2.44 bits per heavy atom. The van der Waals surface area contributed by atoms with Gasteiger partial charge in [-0.15, -0.1) is 0 Å². The maximum atomic E-state index is 13.7. The summed E-state index contributed by atoms with van der Waals surface area (Å²) < 4.78 is 11.1. The molecule has 0 bridgehead atoms. The highest BCUT2D eigenvalue weighted by Gasteiger charge is 2.46. The standard InChI is InChI=1S/C28H28N2O4/c1-17-8-10-18(11-9-17)16-29-27(31)25-20-6-4-5-7-21(20)28(32)30-13-12-19-14-23(33-2)24(34-3)15-22(19)26(25)30/h4-11,14-15,25-26H,12-13,16H2,1-3H3,(H,29,31)/t25-,26-/m1/s1. The van der Waals surface area contributed by atoms with E-state index in [9.17, 15) is 9.59 Å². The number of carbonyl (C=O) groups is 2. The average Bonchev–Trinajstić information content (AvgIpc) is 2.87. The van der Waals surface area contributed by atoms with E-state index in [1.165, 1.54) is 5.56 Å². The number of ether oxygens (including phenoxy) is 2. The van der Waals surface area contributed by atoms with E-state index in [4.69, 9.17) is 9.47 Å². The lowest BCUT2D eigenvalue weighted by Gasteiger charge is -2.45. The van der Waals surface area contributed by atoms with E-state index in [1.54, 1.807) is 14.2 Å². The third-order valence-corrected chi connectivity index (χ3v) is 6.89. The quantitative estimate of drug-likeness (QED) is 0.626. The van der Waals surface area contributed by atoms with Crippen molar-refractivity contribution >= 4 is 11.8 Å². The predicted octanol–water partition coefficient (Wildman–Crippen LogP) is 4.17. The van der Waals surface area contributed by atoms with E-state index in [1.807, 2.05) is 72.5 Å². The van der Waals surface area contributed by atoms with Gasteiger partial charge >= 0.3 is 0 Å². The predicted molar refractivity (Wildman–Crippen MR) is 129 cm³/mol. The van der Waals surface area contributed by atoms with Crippen molar-refractivity contribution in [3.63, 3.8) is 0 Å². The van der Waals surface area contributed by atoms with E-state index in [2.05, 4.69) is 5.32 Å². The summed E-state index contributed by atoms with van der Waals surface area (Å²) in [4.78, 5) is 29.0. The van der Waals surface area contributed by atoms with E-state index in [0.29, 0.717) is 36.6 Å². The smallest absolute Gasteiger partial charge is 0.254 e. The molecule has 34 heavy (non-hydrogen) atoms. The summed E-state index contributed by atoms with van der Waals surface area (Å²) in [7, 11) is 3.21. The highest BCUT2D eigenvalue weighted by atomic mass is 16.5. The third kappa shape index (κ3) is 3.69. The van der Waals surface area contributed by atoms with Gasteiger partial charge in [-0.25, -0.2) is 0 Å². The molecule has 0 radical (unpaired) electrons. The molecule has 2 amide bonds. The van der Waals surface area contributed by atoms with Crippen LogP contribution in [0.2, 0.25) is 0 Å². The maximum Gasteiger partial charge on any atom is 0.254 e. The van der Waals surface area contributed by atoms with E-state index < -0.39 is 12.0 Å². The molecule has 5 rings (SSSR count). The zero-order valence-corrected chi connectivity index (χ0v) is 19.6. The van der Waals surface area contributed by atoms with Crippen LogP contribution < -0.4 is 14.8 Å². The third-order valence-electron chi connectivity index (χ3n) is 6.89. The zero-order valence-electron chi connectivity index (χ0n) is 19.6. The largest absolute Gasteiger partial charge is 0.493 e. The topological polar surface area (TPSA) is 67.9 Å². The summed E-state index contributed by atoms with van der Waals surface area (Å²) in [6.07, 6.45) is 0.692. The molecule has 0 spiro atoms. The molecule has 2 atom stereocenters. The molecule has 6 nitrogen and oxygen atoms in total. The van der Waals surface area contributed by atoms with Gasteiger partial charge in [0.15, 0.2) is 11.5 Å². The second-order valence-corrected chi connectivity index (χ2v) is 8.87. The van der Waals surface area contributed by atoms with Crippen LogP contribution in [-0.2, 0) is 17.8 Å². The van der Waals surface area contributed by atoms with Crippen molar-refractivity contribution < 1.29 is 19.1 Å². The van der Waals surface area contributed by atoms with Gasteiger partial charge in [0, 0.05) is 18.7 Å². The van der Waals surface area contributed by atoms with Crippen molar-refractivity contribution in [1.29, 1.82) is 0 Å². The van der Waals surface area contributed by atoms with Gasteiger partial charge in [0.2, 0.25) is 5.91 Å². The maximum absolute atomic E-state index is 13.7. The second-order valence-electron chi connectivity index (χ2n) is 8.87. The highest BCUT2D eigenvalue weighted by Crippen LogP contribution is 2.48. The minimum absolute atomic E-state index is 0.0383. The van der Waals surface area contributed by atoms with Crippen molar-refractivity contribution in [3.05, 3.63) is 94.0 Å². The summed E-state index contributed by atoms with van der Waals surface area (Å²) in [6, 6.07) is 19.1. The molecule has 0 unspecified atom stereocenters. The van der Waals surface area contributed by atoms with Crippen molar-refractivity contribution in [3.8, 4) is 11.5 Å². The fraction of sp³-hybridized carbons (Fsp3) is 0.286. The molecule has 3 aromatic carbocycles. The number of nitrogens with one attached hydrogen (secondary N) is 1. The van der Waals surface area contributed by atoms with Crippen LogP contribution in [0.25, 0.3) is 0 Å². The first-order chi connectivity index (χ1) is 16.5. The van der Waals surface area contributed by atoms with Crippen LogP contribution in [0.1, 0.15) is 50.1 Å². The molecule has 2 aliphatic heterocycles. The normalized spacial score (nSPS) is 18.4. The molecular formula is C28H28N2O4. The lowest BCUT2D eigenvalue weighted by atomic mass is 9.75. The van der Waals surface area contributed by atoms with Gasteiger partial charge in [-0.05, 0) is 53.8 Å². The molecular weight excluding hydrogens is 428 g/mol. The summed E-state index contributed by atoms with van der Waals surface area (Å²) in [5.41, 5.74) is 5.57. The van der Waals surface area contributed by atoms with Gasteiger partial charge in [-0.1, -0.05) is 48.0 Å². The summed E-state index contributed by atoms with van der Waals surface area (Å²) in [6.45, 7) is 3.01. The molecule has 3 aromatic rings. The van der Waals surface area contributed by atoms with Gasteiger partial charge in [-0.2, -0.15) is 0 Å². The SMILES string of the molecule is COc1cc2c(cc1OC)[C@@H]1[C@H](C(=O)NCc3ccc(C)cc3)c3ccccc3C(=O)N1CC2. The molecule has 0 aromatic heterocycles. The number of nitrogens with zero attached hydrogens (tertiary/aromatic N) is 1. The Hall–Kier alpha value is -3.80. The van der Waals surface area contributed by atoms with Crippen LogP contribution >= 0.6 is 0 Å². The van der Waals surface area contributed by atoms with Crippen LogP contribution in [0.15, 0.2) is 60.7 Å². The van der Waals surface area contributed by atoms with Gasteiger partial charge in [0.05, 0.1) is 26.2 Å². The van der Waals surface area contributed by atoms with Crippen LogP contribution in [-0.4, -0.2) is 37.5 Å². The summed E-state index contributed by atoms with van der Waals surface area (Å²) in [5, 5.41) is 3.13. The lowest BCUT2D eigenvalue weighted by Crippen LogP contribution is -2.50. The Balaban J connectivity index is 1.57. The number of hydrogen-bond acceptors (Lipinski definition) is 4. The summed E-state index contributed by atoms with van der Waals surface area (Å²) in [5.74, 6) is 0.573. The number of amides is 2. The molecule has 0 aliphatic carbocycles. The molecule has 2 aliphatic rings. The van der Waals surface area contributed by atoms with E-state index in [-0.39, 0.29) is 11.8 Å². The zero-order chi connectivity index (χ0) is 23.8. The number of methoxy groups -OCH3 is 2. The van der Waals surface area contributed by atoms with Crippen LogP contribution in [0.5, 0.6) is 11.5 Å². The van der Waals surface area contributed by atoms with Crippen molar-refractivity contribution in [1.82, 2.24) is 10.2 Å². The van der Waals surface area contributed by atoms with Gasteiger partial charge in [0.25, 0.3) is 5.91 Å². The number of rotatable bonds is 5. The van der Waals surface area contributed by atoms with Crippen molar-refractivity contribution in [2.45, 2.75) is 31.8 Å². The van der Waals surface area contributed by atoms with Gasteiger partial charge in [-0.3, -0.25) is 9.59 Å². The van der Waals surface area contributed by atoms with Crippen molar-refractivity contribution in [2.75, 3.05) is 20.8 Å². The minimum atomic E-state index is -0.531. The Bertz CT molecular complexity index is 1250. The Labute approximate surface area is 199 Å². The molecule has 0 saturated carbocycles. The average molecular weight is 457 g/mol. The molecule has 0 fully saturated rings. The first-order valence-corrected chi connectivity index (χ1v) is 11.5. The fourth-order valence-corrected chi connectivity index (χ4v) is 5.14. The van der Waals surface area contributed by atoms with E-state index >= 15 is 0 Å². The first kappa shape index (κ1) is 22.0. The fourth-order valence-electron chi connectivity index (χ4n) is 5.14.